The predicted octanol–water partition coefficient (Wildman–Crippen LogP) is 3.09. The molecule has 288 valence electrons. The molecule has 0 radical (unpaired) electrons. The van der Waals surface area contributed by atoms with Gasteiger partial charge in [-0.2, -0.15) is 0 Å². The molecular formula is C40H41N3O12. The quantitative estimate of drug-likeness (QED) is 0.160. The standard InChI is InChI=1S/C40H41N3O12/c1-4-13-53-33-16-28(55-34-18-30(39(48)49)35(44)37(46)36(34)45)10-7-24(33)21-54-40(50)41-12-11-23-15-31-29(17-32(23)52-3)38(47)43-20-25(14-26(43)19-42-31)22-5-8-27(51-2)9-6-22/h1,5-10,15-17,19-20,26,30,34-37,44-46H,11-14,18,21H2,2-3H3,(H,41,50)(H,48,49)/t26?,30-,34+,35+,36-,37-/m0/s1. The Hall–Kier alpha value is -6.08. The van der Waals surface area contributed by atoms with Crippen molar-refractivity contribution in [1.82, 2.24) is 10.2 Å². The molecule has 5 N–H and O–H groups in total. The van der Waals surface area contributed by atoms with Crippen LogP contribution in [0.15, 0.2) is 65.8 Å². The third-order valence-corrected chi connectivity index (χ3v) is 9.75. The number of terminal acetylenes is 1. The molecule has 2 amide bonds. The van der Waals surface area contributed by atoms with Crippen LogP contribution in [0.5, 0.6) is 23.0 Å². The van der Waals surface area contributed by atoms with E-state index in [1.54, 1.807) is 36.4 Å². The predicted molar refractivity (Wildman–Crippen MR) is 198 cm³/mol. The minimum atomic E-state index is -1.73. The van der Waals surface area contributed by atoms with E-state index in [9.17, 15) is 34.8 Å². The summed E-state index contributed by atoms with van der Waals surface area (Å²) < 4.78 is 27.7. The van der Waals surface area contributed by atoms with Crippen molar-refractivity contribution < 1.29 is 58.5 Å². The number of aliphatic hydroxyl groups is 3. The molecule has 3 aliphatic rings. The van der Waals surface area contributed by atoms with E-state index in [-0.39, 0.29) is 49.6 Å². The average Bonchev–Trinajstić information content (AvgIpc) is 3.58. The maximum Gasteiger partial charge on any atom is 0.407 e. The SMILES string of the molecule is C#CCOc1cc(O[C@@H]2C[C@H](C(=O)O)[C@@H](O)[C@H](O)[C@H]2O)ccc1COC(=O)NCCc1cc2c(cc1OC)C(=O)N1C=C(c3ccc(OC)cc3)CC1C=N2. The van der Waals surface area contributed by atoms with Crippen molar-refractivity contribution in [2.75, 3.05) is 27.4 Å². The van der Waals surface area contributed by atoms with Crippen molar-refractivity contribution in [2.45, 2.75) is 56.3 Å². The zero-order chi connectivity index (χ0) is 39.2. The lowest BCUT2D eigenvalue weighted by atomic mass is 9.81. The van der Waals surface area contributed by atoms with Crippen molar-refractivity contribution >= 4 is 35.4 Å². The topological polar surface area (TPSA) is 206 Å². The minimum Gasteiger partial charge on any atom is -0.497 e. The number of aliphatic carboxylic acids is 1. The summed E-state index contributed by atoms with van der Waals surface area (Å²) in [6.07, 6.45) is 2.89. The molecule has 2 heterocycles. The van der Waals surface area contributed by atoms with E-state index in [0.29, 0.717) is 35.4 Å². The van der Waals surface area contributed by atoms with Crippen LogP contribution in [0.1, 0.15) is 39.9 Å². The van der Waals surface area contributed by atoms with Crippen LogP contribution >= 0.6 is 0 Å². The number of alkyl carbamates (subject to hydrolysis) is 1. The highest BCUT2D eigenvalue weighted by Gasteiger charge is 2.47. The lowest BCUT2D eigenvalue weighted by Gasteiger charge is -2.38. The van der Waals surface area contributed by atoms with E-state index < -0.39 is 42.4 Å². The van der Waals surface area contributed by atoms with E-state index in [1.165, 1.54) is 19.2 Å². The van der Waals surface area contributed by atoms with Gasteiger partial charge >= 0.3 is 12.1 Å². The van der Waals surface area contributed by atoms with E-state index in [0.717, 1.165) is 22.4 Å². The first-order valence-electron chi connectivity index (χ1n) is 17.5. The number of methoxy groups -OCH3 is 2. The summed E-state index contributed by atoms with van der Waals surface area (Å²) in [6.45, 7) is -0.169. The Kier molecular flexibility index (Phi) is 11.9. The van der Waals surface area contributed by atoms with Crippen molar-refractivity contribution in [3.8, 4) is 35.3 Å². The monoisotopic (exact) mass is 755 g/mol. The first-order valence-corrected chi connectivity index (χ1v) is 17.5. The number of ether oxygens (including phenoxy) is 5. The summed E-state index contributed by atoms with van der Waals surface area (Å²) in [5.41, 5.74) is 4.06. The van der Waals surface area contributed by atoms with Crippen LogP contribution in [0.25, 0.3) is 5.57 Å². The van der Waals surface area contributed by atoms with Crippen molar-refractivity contribution in [2.24, 2.45) is 10.9 Å². The van der Waals surface area contributed by atoms with Crippen LogP contribution in [0.2, 0.25) is 0 Å². The van der Waals surface area contributed by atoms with E-state index >= 15 is 0 Å². The Balaban J connectivity index is 1.06. The van der Waals surface area contributed by atoms with E-state index in [2.05, 4.69) is 16.2 Å². The second-order valence-corrected chi connectivity index (χ2v) is 13.1. The van der Waals surface area contributed by atoms with E-state index in [4.69, 9.17) is 30.1 Å². The zero-order valence-electron chi connectivity index (χ0n) is 30.1. The van der Waals surface area contributed by atoms with Gasteiger partial charge in [0.2, 0.25) is 0 Å². The number of aliphatic hydroxyl groups excluding tert-OH is 3. The van der Waals surface area contributed by atoms with Crippen LogP contribution in [-0.2, 0) is 22.6 Å². The van der Waals surface area contributed by atoms with Gasteiger partial charge in [0.1, 0.15) is 54.5 Å². The van der Waals surface area contributed by atoms with Gasteiger partial charge in [0, 0.05) is 43.4 Å². The first kappa shape index (κ1) is 38.6. The van der Waals surface area contributed by atoms with Gasteiger partial charge in [-0.25, -0.2) is 4.79 Å². The molecule has 55 heavy (non-hydrogen) atoms. The molecular weight excluding hydrogens is 714 g/mol. The first-order chi connectivity index (χ1) is 26.5. The van der Waals surface area contributed by atoms with Crippen molar-refractivity contribution in [1.29, 1.82) is 0 Å². The summed E-state index contributed by atoms with van der Waals surface area (Å²) in [4.78, 5) is 44.3. The van der Waals surface area contributed by atoms with Gasteiger partial charge < -0.3 is 54.3 Å². The average molecular weight is 756 g/mol. The van der Waals surface area contributed by atoms with Crippen LogP contribution < -0.4 is 24.3 Å². The molecule has 15 nitrogen and oxygen atoms in total. The molecule has 3 aromatic rings. The van der Waals surface area contributed by atoms with Crippen molar-refractivity contribution in [3.05, 3.63) is 83.1 Å². The van der Waals surface area contributed by atoms with Crippen LogP contribution in [0.4, 0.5) is 10.5 Å². The lowest BCUT2D eigenvalue weighted by molar-refractivity contribution is -0.174. The summed E-state index contributed by atoms with van der Waals surface area (Å²) >= 11 is 0. The fourth-order valence-corrected chi connectivity index (χ4v) is 6.76. The third kappa shape index (κ3) is 8.52. The number of nitrogens with one attached hydrogen (secondary N) is 1. The van der Waals surface area contributed by atoms with Gasteiger partial charge in [0.15, 0.2) is 0 Å². The number of nitrogens with zero attached hydrogens (tertiary/aromatic N) is 2. The third-order valence-electron chi connectivity index (χ3n) is 9.75. The largest absolute Gasteiger partial charge is 0.497 e. The maximum absolute atomic E-state index is 13.7. The fraction of sp³-hybridized carbons (Fsp3) is 0.350. The second-order valence-electron chi connectivity index (χ2n) is 13.1. The molecule has 1 unspecified atom stereocenters. The summed E-state index contributed by atoms with van der Waals surface area (Å²) in [5.74, 6) is 1.05. The van der Waals surface area contributed by atoms with Crippen molar-refractivity contribution in [3.63, 3.8) is 0 Å². The number of fused-ring (bicyclic) bond motifs is 2. The van der Waals surface area contributed by atoms with Crippen LogP contribution in [0.3, 0.4) is 0 Å². The van der Waals surface area contributed by atoms with Gasteiger partial charge in [-0.05, 0) is 59.5 Å². The Morgan fingerprint density at radius 2 is 1.73 bits per heavy atom. The molecule has 0 bridgehead atoms. The number of carbonyl (C=O) groups excluding carboxylic acids is 2. The number of rotatable bonds is 13. The molecule has 1 saturated carbocycles. The van der Waals surface area contributed by atoms with E-state index in [1.807, 2.05) is 30.5 Å². The number of amides is 2. The van der Waals surface area contributed by atoms with Crippen LogP contribution in [-0.4, -0.2) is 107 Å². The molecule has 0 spiro atoms. The molecule has 0 aromatic heterocycles. The smallest absolute Gasteiger partial charge is 0.407 e. The number of aliphatic imine (C=N–C) groups is 1. The number of carboxylic acids is 1. The molecule has 0 saturated heterocycles. The van der Waals surface area contributed by atoms with Gasteiger partial charge in [-0.3, -0.25) is 14.6 Å². The lowest BCUT2D eigenvalue weighted by Crippen LogP contribution is -2.57. The highest BCUT2D eigenvalue weighted by molar-refractivity contribution is 6.05. The van der Waals surface area contributed by atoms with Gasteiger partial charge in [-0.1, -0.05) is 18.1 Å². The number of hydrogen-bond acceptors (Lipinski definition) is 12. The Morgan fingerprint density at radius 3 is 2.44 bits per heavy atom. The summed E-state index contributed by atoms with van der Waals surface area (Å²) in [5, 5.41) is 42.8. The number of carbonyl (C=O) groups is 3. The molecule has 1 fully saturated rings. The number of benzene rings is 3. The Bertz CT molecular complexity index is 2020. The maximum atomic E-state index is 13.7. The molecule has 2 aliphatic heterocycles. The van der Waals surface area contributed by atoms with Gasteiger partial charge in [-0.15, -0.1) is 6.42 Å². The summed E-state index contributed by atoms with van der Waals surface area (Å²) in [6, 6.07) is 15.4. The Labute approximate surface area is 316 Å². The molecule has 15 heteroatoms. The van der Waals surface area contributed by atoms with Gasteiger partial charge in [0.05, 0.1) is 43.5 Å². The highest BCUT2D eigenvalue weighted by atomic mass is 16.6. The molecule has 3 aromatic carbocycles. The molecule has 6 rings (SSSR count). The summed E-state index contributed by atoms with van der Waals surface area (Å²) in [7, 11) is 3.12. The number of hydrogen-bond donors (Lipinski definition) is 5. The molecule has 1 aliphatic carbocycles. The fourth-order valence-electron chi connectivity index (χ4n) is 6.76. The normalized spacial score (nSPS) is 22.7. The van der Waals surface area contributed by atoms with Gasteiger partial charge in [0.25, 0.3) is 5.91 Å². The zero-order valence-corrected chi connectivity index (χ0v) is 30.1. The van der Waals surface area contributed by atoms with Crippen LogP contribution in [0, 0.1) is 18.3 Å². The minimum absolute atomic E-state index is 0.126. The highest BCUT2D eigenvalue weighted by Crippen LogP contribution is 2.38. The number of carboxylic acid groups (broad SMARTS) is 1. The Morgan fingerprint density at radius 1 is 0.964 bits per heavy atom. The molecule has 6 atom stereocenters. The second kappa shape index (κ2) is 16.9.